The van der Waals surface area contributed by atoms with E-state index < -0.39 is 29.9 Å². The number of carbonyl (C=O) groups excluding carboxylic acids is 2. The van der Waals surface area contributed by atoms with Crippen LogP contribution < -0.4 is 10.6 Å². The van der Waals surface area contributed by atoms with E-state index in [2.05, 4.69) is 34.9 Å². The van der Waals surface area contributed by atoms with Crippen molar-refractivity contribution in [3.8, 4) is 11.1 Å². The van der Waals surface area contributed by atoms with Crippen LogP contribution in [0.2, 0.25) is 0 Å². The van der Waals surface area contributed by atoms with Crippen LogP contribution in [0.1, 0.15) is 42.7 Å². The summed E-state index contributed by atoms with van der Waals surface area (Å²) in [6, 6.07) is 15.4. The Morgan fingerprint density at radius 3 is 2.20 bits per heavy atom. The standard InChI is InChI=1S/C27H30N2O6/c30-25(28-24-15-34-13-22(24)26(31)32)20-11-5-6-12-23(20)29-27(33)35-14-21-18-9-3-1-7-16(18)17-8-2-4-10-19(17)21/h1-4,7-10,20-24H,5-6,11-15H2,(H,28,30)(H,29,33)(H,31,32)/t20-,22?,23+,24?/m0/s1. The van der Waals surface area contributed by atoms with Gasteiger partial charge in [0.2, 0.25) is 5.91 Å². The van der Waals surface area contributed by atoms with Crippen molar-refractivity contribution in [3.63, 3.8) is 0 Å². The molecule has 3 N–H and O–H groups in total. The van der Waals surface area contributed by atoms with Crippen molar-refractivity contribution in [2.45, 2.75) is 43.7 Å². The van der Waals surface area contributed by atoms with E-state index in [0.717, 1.165) is 35.1 Å². The highest BCUT2D eigenvalue weighted by Gasteiger charge is 2.39. The Labute approximate surface area is 204 Å². The van der Waals surface area contributed by atoms with Gasteiger partial charge in [-0.15, -0.1) is 0 Å². The van der Waals surface area contributed by atoms with Gasteiger partial charge in [0.05, 0.1) is 25.2 Å². The van der Waals surface area contributed by atoms with Gasteiger partial charge in [0, 0.05) is 12.0 Å². The number of carbonyl (C=O) groups is 3. The molecule has 3 aliphatic rings. The summed E-state index contributed by atoms with van der Waals surface area (Å²) < 4.78 is 10.9. The molecule has 1 saturated carbocycles. The van der Waals surface area contributed by atoms with Gasteiger partial charge >= 0.3 is 12.1 Å². The molecule has 4 atom stereocenters. The number of benzene rings is 2. The number of hydrogen-bond acceptors (Lipinski definition) is 5. The minimum absolute atomic E-state index is 0.0334. The molecule has 0 spiro atoms. The summed E-state index contributed by atoms with van der Waals surface area (Å²) in [5, 5.41) is 15.1. The molecule has 2 aromatic carbocycles. The Bertz CT molecular complexity index is 1070. The highest BCUT2D eigenvalue weighted by Crippen LogP contribution is 2.44. The maximum absolute atomic E-state index is 13.0. The Hall–Kier alpha value is -3.39. The molecule has 184 valence electrons. The van der Waals surface area contributed by atoms with E-state index in [1.165, 1.54) is 0 Å². The summed E-state index contributed by atoms with van der Waals surface area (Å²) in [7, 11) is 0. The van der Waals surface area contributed by atoms with Crippen molar-refractivity contribution >= 4 is 18.0 Å². The Morgan fingerprint density at radius 2 is 1.51 bits per heavy atom. The normalized spacial score (nSPS) is 25.4. The van der Waals surface area contributed by atoms with Crippen molar-refractivity contribution in [2.24, 2.45) is 11.8 Å². The second-order valence-corrected chi connectivity index (χ2v) is 9.56. The summed E-state index contributed by atoms with van der Waals surface area (Å²) in [4.78, 5) is 37.2. The number of fused-ring (bicyclic) bond motifs is 3. The quantitative estimate of drug-likeness (QED) is 0.587. The summed E-state index contributed by atoms with van der Waals surface area (Å²) in [5.41, 5.74) is 4.61. The smallest absolute Gasteiger partial charge is 0.407 e. The molecule has 2 unspecified atom stereocenters. The molecule has 5 rings (SSSR count). The van der Waals surface area contributed by atoms with Gasteiger partial charge in [-0.25, -0.2) is 4.79 Å². The lowest BCUT2D eigenvalue weighted by Crippen LogP contribution is -2.52. The van der Waals surface area contributed by atoms with E-state index in [4.69, 9.17) is 9.47 Å². The van der Waals surface area contributed by atoms with Gasteiger partial charge < -0.3 is 25.2 Å². The van der Waals surface area contributed by atoms with Crippen LogP contribution in [0.15, 0.2) is 48.5 Å². The van der Waals surface area contributed by atoms with E-state index in [1.54, 1.807) is 0 Å². The molecule has 1 aliphatic heterocycles. The first-order valence-corrected chi connectivity index (χ1v) is 12.3. The van der Waals surface area contributed by atoms with Crippen molar-refractivity contribution in [1.82, 2.24) is 10.6 Å². The molecule has 2 amide bonds. The van der Waals surface area contributed by atoms with Gasteiger partial charge in [-0.05, 0) is 35.1 Å². The number of rotatable bonds is 6. The number of aliphatic carboxylic acids is 1. The van der Waals surface area contributed by atoms with Crippen LogP contribution in [-0.4, -0.2) is 55.0 Å². The van der Waals surface area contributed by atoms with E-state index in [0.29, 0.717) is 12.8 Å². The van der Waals surface area contributed by atoms with Crippen molar-refractivity contribution in [3.05, 3.63) is 59.7 Å². The third kappa shape index (κ3) is 4.75. The average Bonchev–Trinajstić information content (AvgIpc) is 3.46. The van der Waals surface area contributed by atoms with Crippen LogP contribution in [0.3, 0.4) is 0 Å². The van der Waals surface area contributed by atoms with Crippen molar-refractivity contribution < 1.29 is 29.0 Å². The lowest BCUT2D eigenvalue weighted by molar-refractivity contribution is -0.142. The zero-order chi connectivity index (χ0) is 24.4. The second kappa shape index (κ2) is 10.1. The first-order chi connectivity index (χ1) is 17.0. The minimum atomic E-state index is -0.982. The van der Waals surface area contributed by atoms with Crippen LogP contribution in [-0.2, 0) is 19.1 Å². The fraction of sp³-hybridized carbons (Fsp3) is 0.444. The molecule has 2 aliphatic carbocycles. The van der Waals surface area contributed by atoms with Gasteiger partial charge in [0.15, 0.2) is 0 Å². The van der Waals surface area contributed by atoms with Crippen molar-refractivity contribution in [2.75, 3.05) is 19.8 Å². The molecule has 2 fully saturated rings. The molecule has 8 heteroatoms. The molecule has 1 saturated heterocycles. The monoisotopic (exact) mass is 478 g/mol. The summed E-state index contributed by atoms with van der Waals surface area (Å²) in [6.07, 6.45) is 2.55. The Kier molecular flexibility index (Phi) is 6.72. The molecule has 1 heterocycles. The molecule has 0 aromatic heterocycles. The lowest BCUT2D eigenvalue weighted by Gasteiger charge is -2.32. The molecule has 35 heavy (non-hydrogen) atoms. The largest absolute Gasteiger partial charge is 0.481 e. The number of hydrogen-bond donors (Lipinski definition) is 3. The van der Waals surface area contributed by atoms with Gasteiger partial charge in [-0.3, -0.25) is 9.59 Å². The molecular formula is C27H30N2O6. The highest BCUT2D eigenvalue weighted by atomic mass is 16.5. The van der Waals surface area contributed by atoms with E-state index in [1.807, 2.05) is 24.3 Å². The zero-order valence-electron chi connectivity index (χ0n) is 19.4. The number of alkyl carbamates (subject to hydrolysis) is 1. The van der Waals surface area contributed by atoms with Crippen LogP contribution >= 0.6 is 0 Å². The molecule has 0 radical (unpaired) electrons. The van der Waals surface area contributed by atoms with Gasteiger partial charge in [0.1, 0.15) is 12.5 Å². The van der Waals surface area contributed by atoms with E-state index in [9.17, 15) is 19.5 Å². The summed E-state index contributed by atoms with van der Waals surface area (Å²) in [6.45, 7) is 0.482. The van der Waals surface area contributed by atoms with Crippen LogP contribution in [0.5, 0.6) is 0 Å². The van der Waals surface area contributed by atoms with Crippen LogP contribution in [0, 0.1) is 11.8 Å². The SMILES string of the molecule is O=C(N[C@@H]1CCCC[C@@H]1C(=O)NC1COCC1C(=O)O)OCC1c2ccccc2-c2ccccc21. The molecule has 8 nitrogen and oxygen atoms in total. The van der Waals surface area contributed by atoms with Gasteiger partial charge in [-0.1, -0.05) is 61.4 Å². The fourth-order valence-electron chi connectivity index (χ4n) is 5.64. The summed E-state index contributed by atoms with van der Waals surface area (Å²) in [5.74, 6) is -2.44. The highest BCUT2D eigenvalue weighted by molar-refractivity contribution is 5.82. The maximum atomic E-state index is 13.0. The molecule has 2 aromatic rings. The Balaban J connectivity index is 1.21. The zero-order valence-corrected chi connectivity index (χ0v) is 19.4. The predicted octanol–water partition coefficient (Wildman–Crippen LogP) is 3.30. The average molecular weight is 479 g/mol. The van der Waals surface area contributed by atoms with Crippen LogP contribution in [0.4, 0.5) is 4.79 Å². The number of nitrogens with one attached hydrogen (secondary N) is 2. The van der Waals surface area contributed by atoms with E-state index >= 15 is 0 Å². The van der Waals surface area contributed by atoms with Gasteiger partial charge in [-0.2, -0.15) is 0 Å². The number of carboxylic acids is 1. The van der Waals surface area contributed by atoms with Gasteiger partial charge in [0.25, 0.3) is 0 Å². The second-order valence-electron chi connectivity index (χ2n) is 9.56. The first kappa shape index (κ1) is 23.4. The Morgan fingerprint density at radius 1 is 0.857 bits per heavy atom. The number of amides is 2. The topological polar surface area (TPSA) is 114 Å². The fourth-order valence-corrected chi connectivity index (χ4v) is 5.64. The molecule has 0 bridgehead atoms. The maximum Gasteiger partial charge on any atom is 0.407 e. The third-order valence-electron chi connectivity index (χ3n) is 7.48. The molecular weight excluding hydrogens is 448 g/mol. The third-order valence-corrected chi connectivity index (χ3v) is 7.48. The number of carboxylic acid groups (broad SMARTS) is 1. The first-order valence-electron chi connectivity index (χ1n) is 12.3. The lowest BCUT2D eigenvalue weighted by atomic mass is 9.83. The van der Waals surface area contributed by atoms with Crippen molar-refractivity contribution in [1.29, 1.82) is 0 Å². The number of ether oxygens (including phenoxy) is 2. The summed E-state index contributed by atoms with van der Waals surface area (Å²) >= 11 is 0. The minimum Gasteiger partial charge on any atom is -0.481 e. The predicted molar refractivity (Wildman–Crippen MR) is 128 cm³/mol. The van der Waals surface area contributed by atoms with Crippen LogP contribution in [0.25, 0.3) is 11.1 Å². The van der Waals surface area contributed by atoms with E-state index in [-0.39, 0.29) is 37.7 Å².